The molecular weight excluding hydrogens is 286 g/mol. The van der Waals surface area contributed by atoms with Crippen LogP contribution in [0, 0.1) is 6.92 Å². The van der Waals surface area contributed by atoms with Gasteiger partial charge in [-0.05, 0) is 25.1 Å². The lowest BCUT2D eigenvalue weighted by atomic mass is 10.1. The van der Waals surface area contributed by atoms with E-state index in [0.29, 0.717) is 6.54 Å². The topological polar surface area (TPSA) is 46.9 Å². The molecule has 0 aliphatic rings. The van der Waals surface area contributed by atoms with Gasteiger partial charge in [0, 0.05) is 12.1 Å². The number of fused-ring (bicyclic) bond motifs is 1. The Morgan fingerprint density at radius 1 is 1.26 bits per heavy atom. The molecule has 3 aromatic rings. The number of hydrogen-bond acceptors (Lipinski definition) is 2. The monoisotopic (exact) mass is 305 g/mol. The minimum Gasteiger partial charge on any atom is -0.351 e. The van der Waals surface area contributed by atoms with E-state index in [4.69, 9.17) is 4.98 Å². The molecule has 23 heavy (non-hydrogen) atoms. The van der Waals surface area contributed by atoms with Crippen LogP contribution in [-0.4, -0.2) is 22.0 Å². The Bertz CT molecular complexity index is 864. The van der Waals surface area contributed by atoms with Crippen LogP contribution >= 0.6 is 0 Å². The van der Waals surface area contributed by atoms with Gasteiger partial charge in [-0.15, -0.1) is 6.58 Å². The maximum atomic E-state index is 12.2. The van der Waals surface area contributed by atoms with Crippen LogP contribution in [0.15, 0.2) is 61.2 Å². The third-order valence-electron chi connectivity index (χ3n) is 3.68. The second-order valence-electron chi connectivity index (χ2n) is 5.47. The first-order valence-electron chi connectivity index (χ1n) is 7.59. The lowest BCUT2D eigenvalue weighted by Crippen LogP contribution is -2.27. The number of benzene rings is 2. The van der Waals surface area contributed by atoms with Crippen molar-refractivity contribution in [3.63, 3.8) is 0 Å². The lowest BCUT2D eigenvalue weighted by Gasteiger charge is -2.10. The molecule has 1 heterocycles. The van der Waals surface area contributed by atoms with Crippen molar-refractivity contribution < 1.29 is 4.79 Å². The van der Waals surface area contributed by atoms with E-state index in [0.717, 1.165) is 28.0 Å². The SMILES string of the molecule is C=CCNC(=O)Cn1c(-c2cccc(C)c2)nc2ccccc21. The Balaban J connectivity index is 2.08. The molecule has 0 unspecified atom stereocenters. The fourth-order valence-electron chi connectivity index (χ4n) is 2.63. The number of imidazole rings is 1. The molecule has 0 aliphatic carbocycles. The molecular formula is C19H19N3O. The summed E-state index contributed by atoms with van der Waals surface area (Å²) in [6.45, 7) is 6.37. The van der Waals surface area contributed by atoms with E-state index >= 15 is 0 Å². The van der Waals surface area contributed by atoms with Crippen LogP contribution in [0.4, 0.5) is 0 Å². The quantitative estimate of drug-likeness (QED) is 0.735. The normalized spacial score (nSPS) is 10.7. The van der Waals surface area contributed by atoms with Gasteiger partial charge in [0.25, 0.3) is 0 Å². The number of hydrogen-bond donors (Lipinski definition) is 1. The van der Waals surface area contributed by atoms with Gasteiger partial charge in [-0.3, -0.25) is 4.79 Å². The van der Waals surface area contributed by atoms with Crippen molar-refractivity contribution in [1.82, 2.24) is 14.9 Å². The smallest absolute Gasteiger partial charge is 0.240 e. The Morgan fingerprint density at radius 2 is 2.09 bits per heavy atom. The van der Waals surface area contributed by atoms with Crippen molar-refractivity contribution in [2.45, 2.75) is 13.5 Å². The summed E-state index contributed by atoms with van der Waals surface area (Å²) in [5, 5.41) is 2.82. The van der Waals surface area contributed by atoms with Gasteiger partial charge in [0.05, 0.1) is 11.0 Å². The third kappa shape index (κ3) is 3.16. The first-order valence-corrected chi connectivity index (χ1v) is 7.59. The van der Waals surface area contributed by atoms with Gasteiger partial charge >= 0.3 is 0 Å². The average Bonchev–Trinajstić information content (AvgIpc) is 2.92. The second kappa shape index (κ2) is 6.48. The van der Waals surface area contributed by atoms with E-state index in [-0.39, 0.29) is 12.5 Å². The van der Waals surface area contributed by atoms with Crippen molar-refractivity contribution in [3.05, 3.63) is 66.7 Å². The molecule has 0 atom stereocenters. The zero-order valence-electron chi connectivity index (χ0n) is 13.1. The molecule has 1 aromatic heterocycles. The molecule has 0 bridgehead atoms. The van der Waals surface area contributed by atoms with Crippen LogP contribution in [-0.2, 0) is 11.3 Å². The van der Waals surface area contributed by atoms with Crippen LogP contribution in [0.5, 0.6) is 0 Å². The van der Waals surface area contributed by atoms with Crippen molar-refractivity contribution in [3.8, 4) is 11.4 Å². The van der Waals surface area contributed by atoms with Gasteiger partial charge in [-0.2, -0.15) is 0 Å². The van der Waals surface area contributed by atoms with E-state index in [2.05, 4.69) is 18.0 Å². The van der Waals surface area contributed by atoms with E-state index in [1.165, 1.54) is 0 Å². The van der Waals surface area contributed by atoms with Crippen molar-refractivity contribution in [2.75, 3.05) is 6.54 Å². The number of rotatable bonds is 5. The number of carbonyl (C=O) groups is 1. The Morgan fingerprint density at radius 3 is 2.87 bits per heavy atom. The van der Waals surface area contributed by atoms with Gasteiger partial charge in [0.2, 0.25) is 5.91 Å². The van der Waals surface area contributed by atoms with E-state index in [9.17, 15) is 4.79 Å². The molecule has 3 rings (SSSR count). The summed E-state index contributed by atoms with van der Waals surface area (Å²) in [7, 11) is 0. The second-order valence-corrected chi connectivity index (χ2v) is 5.47. The first kappa shape index (κ1) is 15.0. The van der Waals surface area contributed by atoms with Crippen LogP contribution in [0.3, 0.4) is 0 Å². The Hall–Kier alpha value is -2.88. The fourth-order valence-corrected chi connectivity index (χ4v) is 2.63. The van der Waals surface area contributed by atoms with Crippen molar-refractivity contribution in [1.29, 1.82) is 0 Å². The molecule has 1 amide bonds. The highest BCUT2D eigenvalue weighted by atomic mass is 16.1. The summed E-state index contributed by atoms with van der Waals surface area (Å²) in [5.41, 5.74) is 4.02. The standard InChI is InChI=1S/C19H19N3O/c1-3-11-20-18(23)13-22-17-10-5-4-9-16(17)21-19(22)15-8-6-7-14(2)12-15/h3-10,12H,1,11,13H2,2H3,(H,20,23). The lowest BCUT2D eigenvalue weighted by molar-refractivity contribution is -0.121. The van der Waals surface area contributed by atoms with Crippen LogP contribution in [0.25, 0.3) is 22.4 Å². The molecule has 0 saturated heterocycles. The molecule has 0 saturated carbocycles. The molecule has 0 aliphatic heterocycles. The van der Waals surface area contributed by atoms with Gasteiger partial charge in [-0.25, -0.2) is 4.98 Å². The maximum Gasteiger partial charge on any atom is 0.240 e. The Labute approximate surface area is 135 Å². The van der Waals surface area contributed by atoms with Crippen LogP contribution < -0.4 is 5.32 Å². The van der Waals surface area contributed by atoms with Crippen molar-refractivity contribution in [2.24, 2.45) is 0 Å². The van der Waals surface area contributed by atoms with Gasteiger partial charge < -0.3 is 9.88 Å². The molecule has 4 heteroatoms. The van der Waals surface area contributed by atoms with E-state index in [1.54, 1.807) is 6.08 Å². The predicted molar refractivity (Wildman–Crippen MR) is 93.1 cm³/mol. The minimum absolute atomic E-state index is 0.0537. The minimum atomic E-state index is -0.0537. The summed E-state index contributed by atoms with van der Waals surface area (Å²) < 4.78 is 1.96. The third-order valence-corrected chi connectivity index (χ3v) is 3.68. The molecule has 0 fully saturated rings. The Kier molecular flexibility index (Phi) is 4.24. The molecule has 1 N–H and O–H groups in total. The first-order chi connectivity index (χ1) is 11.2. The highest BCUT2D eigenvalue weighted by Crippen LogP contribution is 2.25. The van der Waals surface area contributed by atoms with Gasteiger partial charge in [0.15, 0.2) is 0 Å². The highest BCUT2D eigenvalue weighted by Gasteiger charge is 2.14. The zero-order chi connectivity index (χ0) is 16.2. The molecule has 0 radical (unpaired) electrons. The molecule has 0 spiro atoms. The number of amides is 1. The number of aromatic nitrogens is 2. The summed E-state index contributed by atoms with van der Waals surface area (Å²) in [6, 6.07) is 16.0. The summed E-state index contributed by atoms with van der Waals surface area (Å²) >= 11 is 0. The zero-order valence-corrected chi connectivity index (χ0v) is 13.1. The van der Waals surface area contributed by atoms with E-state index < -0.39 is 0 Å². The number of nitrogens with one attached hydrogen (secondary N) is 1. The number of para-hydroxylation sites is 2. The number of nitrogens with zero attached hydrogens (tertiary/aromatic N) is 2. The average molecular weight is 305 g/mol. The van der Waals surface area contributed by atoms with Crippen molar-refractivity contribution >= 4 is 16.9 Å². The molecule has 4 nitrogen and oxygen atoms in total. The maximum absolute atomic E-state index is 12.2. The van der Waals surface area contributed by atoms with Crippen LogP contribution in [0.1, 0.15) is 5.56 Å². The van der Waals surface area contributed by atoms with Gasteiger partial charge in [0.1, 0.15) is 12.4 Å². The predicted octanol–water partition coefficient (Wildman–Crippen LogP) is 3.31. The summed E-state index contributed by atoms with van der Waals surface area (Å²) in [6.07, 6.45) is 1.67. The largest absolute Gasteiger partial charge is 0.351 e. The van der Waals surface area contributed by atoms with Crippen LogP contribution in [0.2, 0.25) is 0 Å². The number of carbonyl (C=O) groups excluding carboxylic acids is 1. The summed E-state index contributed by atoms with van der Waals surface area (Å²) in [5.74, 6) is 0.755. The fraction of sp³-hybridized carbons (Fsp3) is 0.158. The molecule has 116 valence electrons. The summed E-state index contributed by atoms with van der Waals surface area (Å²) in [4.78, 5) is 16.9. The van der Waals surface area contributed by atoms with Gasteiger partial charge in [-0.1, -0.05) is 42.0 Å². The van der Waals surface area contributed by atoms with E-state index in [1.807, 2.05) is 54.0 Å². The number of aryl methyl sites for hydroxylation is 1. The highest BCUT2D eigenvalue weighted by molar-refractivity contribution is 5.84. The molecule has 2 aromatic carbocycles.